The van der Waals surface area contributed by atoms with E-state index in [1.54, 1.807) is 0 Å². The van der Waals surface area contributed by atoms with Crippen LogP contribution in [0, 0.1) is 0 Å². The number of nitrogens with two attached hydrogens (primary N) is 1. The number of likely N-dealkylation sites (tertiary alicyclic amines) is 1. The van der Waals surface area contributed by atoms with Crippen molar-refractivity contribution in [2.75, 3.05) is 37.8 Å². The number of para-hydroxylation sites is 1. The van der Waals surface area contributed by atoms with Gasteiger partial charge in [0.25, 0.3) is 0 Å². The zero-order valence-electron chi connectivity index (χ0n) is 13.6. The molecule has 23 heavy (non-hydrogen) atoms. The molecule has 0 saturated carbocycles. The molecular formula is C17H23N5O. The number of hydrogen-bond donors (Lipinski definition) is 1. The third kappa shape index (κ3) is 3.53. The smallest absolute Gasteiger partial charge is 0.248 e. The molecule has 6 nitrogen and oxygen atoms in total. The molecule has 2 heterocycles. The molecule has 1 saturated heterocycles. The lowest BCUT2D eigenvalue weighted by Crippen LogP contribution is -2.42. The Labute approximate surface area is 136 Å². The lowest BCUT2D eigenvalue weighted by atomic mass is 10.0. The second-order valence-corrected chi connectivity index (χ2v) is 5.98. The maximum absolute atomic E-state index is 6.26. The molecule has 3 rings (SSSR count). The third-order valence-corrected chi connectivity index (χ3v) is 4.35. The standard InChI is InChI=1S/C17H23N5O/c1-21-10-8-13(9-11-21)22(2)16-15(18)17(20-12-19-16)23-14-6-4-3-5-7-14/h3-7,12-13H,8-11,18H2,1-2H3. The van der Waals surface area contributed by atoms with E-state index in [0.29, 0.717) is 23.4 Å². The summed E-state index contributed by atoms with van der Waals surface area (Å²) in [6, 6.07) is 9.96. The minimum Gasteiger partial charge on any atom is -0.437 e. The predicted octanol–water partition coefficient (Wildman–Crippen LogP) is 2.38. The van der Waals surface area contributed by atoms with Crippen LogP contribution in [0.1, 0.15) is 12.8 Å². The molecule has 1 aliphatic heterocycles. The third-order valence-electron chi connectivity index (χ3n) is 4.35. The lowest BCUT2D eigenvalue weighted by Gasteiger charge is -2.36. The number of anilines is 2. The fraction of sp³-hybridized carbons (Fsp3) is 0.412. The summed E-state index contributed by atoms with van der Waals surface area (Å²) in [6.45, 7) is 2.18. The maximum Gasteiger partial charge on any atom is 0.248 e. The average molecular weight is 313 g/mol. The van der Waals surface area contributed by atoms with Gasteiger partial charge in [0, 0.05) is 13.1 Å². The number of ether oxygens (including phenoxy) is 1. The average Bonchev–Trinajstić information content (AvgIpc) is 2.58. The molecule has 0 unspecified atom stereocenters. The molecule has 1 aliphatic rings. The minimum atomic E-state index is 0.404. The van der Waals surface area contributed by atoms with Gasteiger partial charge in [-0.15, -0.1) is 0 Å². The van der Waals surface area contributed by atoms with Crippen molar-refractivity contribution < 1.29 is 4.74 Å². The first-order valence-electron chi connectivity index (χ1n) is 7.90. The van der Waals surface area contributed by atoms with Crippen molar-refractivity contribution in [3.05, 3.63) is 36.7 Å². The summed E-state index contributed by atoms with van der Waals surface area (Å²) in [5.74, 6) is 1.85. The minimum absolute atomic E-state index is 0.404. The van der Waals surface area contributed by atoms with Crippen LogP contribution in [0.5, 0.6) is 11.6 Å². The van der Waals surface area contributed by atoms with Gasteiger partial charge in [0.15, 0.2) is 5.82 Å². The van der Waals surface area contributed by atoms with E-state index in [9.17, 15) is 0 Å². The molecule has 1 fully saturated rings. The van der Waals surface area contributed by atoms with Crippen molar-refractivity contribution in [1.82, 2.24) is 14.9 Å². The van der Waals surface area contributed by atoms with E-state index in [1.807, 2.05) is 37.4 Å². The Morgan fingerprint density at radius 1 is 1.17 bits per heavy atom. The van der Waals surface area contributed by atoms with Gasteiger partial charge < -0.3 is 20.3 Å². The van der Waals surface area contributed by atoms with Crippen molar-refractivity contribution >= 4 is 11.5 Å². The number of rotatable bonds is 4. The summed E-state index contributed by atoms with van der Waals surface area (Å²) < 4.78 is 5.79. The topological polar surface area (TPSA) is 67.5 Å². The van der Waals surface area contributed by atoms with Crippen LogP contribution < -0.4 is 15.4 Å². The van der Waals surface area contributed by atoms with Crippen LogP contribution in [0.25, 0.3) is 0 Å². The fourth-order valence-corrected chi connectivity index (χ4v) is 2.89. The molecule has 1 aromatic carbocycles. The van der Waals surface area contributed by atoms with Crippen molar-refractivity contribution in [1.29, 1.82) is 0 Å². The van der Waals surface area contributed by atoms with Gasteiger partial charge in [0.2, 0.25) is 5.88 Å². The van der Waals surface area contributed by atoms with Crippen molar-refractivity contribution in [3.8, 4) is 11.6 Å². The van der Waals surface area contributed by atoms with Gasteiger partial charge in [-0.3, -0.25) is 0 Å². The van der Waals surface area contributed by atoms with Crippen molar-refractivity contribution in [3.63, 3.8) is 0 Å². The quantitative estimate of drug-likeness (QED) is 0.935. The first-order valence-corrected chi connectivity index (χ1v) is 7.90. The normalized spacial score (nSPS) is 16.3. The molecule has 0 bridgehead atoms. The van der Waals surface area contributed by atoms with Crippen LogP contribution in [0.3, 0.4) is 0 Å². The van der Waals surface area contributed by atoms with Gasteiger partial charge in [0.05, 0.1) is 0 Å². The largest absolute Gasteiger partial charge is 0.437 e. The molecular weight excluding hydrogens is 290 g/mol. The number of nitrogens with zero attached hydrogens (tertiary/aromatic N) is 4. The molecule has 122 valence electrons. The highest BCUT2D eigenvalue weighted by Crippen LogP contribution is 2.32. The first kappa shape index (κ1) is 15.6. The van der Waals surface area contributed by atoms with Crippen LogP contribution in [0.15, 0.2) is 36.7 Å². The van der Waals surface area contributed by atoms with Crippen LogP contribution in [0.2, 0.25) is 0 Å². The predicted molar refractivity (Wildman–Crippen MR) is 91.9 cm³/mol. The lowest BCUT2D eigenvalue weighted by molar-refractivity contribution is 0.252. The zero-order chi connectivity index (χ0) is 16.2. The van der Waals surface area contributed by atoms with Crippen molar-refractivity contribution in [2.24, 2.45) is 0 Å². The highest BCUT2D eigenvalue weighted by Gasteiger charge is 2.24. The summed E-state index contributed by atoms with van der Waals surface area (Å²) in [5, 5.41) is 0. The maximum atomic E-state index is 6.26. The zero-order valence-corrected chi connectivity index (χ0v) is 13.6. The molecule has 2 N–H and O–H groups in total. The number of piperidine rings is 1. The second kappa shape index (κ2) is 6.83. The number of aromatic nitrogens is 2. The molecule has 0 amide bonds. The Morgan fingerprint density at radius 3 is 2.57 bits per heavy atom. The number of hydrogen-bond acceptors (Lipinski definition) is 6. The summed E-state index contributed by atoms with van der Waals surface area (Å²) in [7, 11) is 4.20. The Bertz CT molecular complexity index is 641. The summed E-state index contributed by atoms with van der Waals surface area (Å²) in [4.78, 5) is 13.1. The molecule has 0 spiro atoms. The van der Waals surface area contributed by atoms with Crippen molar-refractivity contribution in [2.45, 2.75) is 18.9 Å². The molecule has 0 aliphatic carbocycles. The SMILES string of the molecule is CN1CCC(N(C)c2ncnc(Oc3ccccc3)c2N)CC1. The van der Waals surface area contributed by atoms with Gasteiger partial charge in [0.1, 0.15) is 17.8 Å². The van der Waals surface area contributed by atoms with Gasteiger partial charge >= 0.3 is 0 Å². The first-order chi connectivity index (χ1) is 11.1. The molecule has 0 radical (unpaired) electrons. The van der Waals surface area contributed by atoms with Crippen LogP contribution in [-0.4, -0.2) is 48.1 Å². The van der Waals surface area contributed by atoms with E-state index in [1.165, 1.54) is 6.33 Å². The Morgan fingerprint density at radius 2 is 1.87 bits per heavy atom. The highest BCUT2D eigenvalue weighted by molar-refractivity contribution is 5.68. The summed E-state index contributed by atoms with van der Waals surface area (Å²) >= 11 is 0. The van der Waals surface area contributed by atoms with E-state index in [-0.39, 0.29) is 0 Å². The van der Waals surface area contributed by atoms with Crippen LogP contribution >= 0.6 is 0 Å². The van der Waals surface area contributed by atoms with E-state index < -0.39 is 0 Å². The monoisotopic (exact) mass is 313 g/mol. The molecule has 1 aromatic heterocycles. The second-order valence-electron chi connectivity index (χ2n) is 5.98. The summed E-state index contributed by atoms with van der Waals surface area (Å²) in [6.07, 6.45) is 3.71. The molecule has 2 aromatic rings. The van der Waals surface area contributed by atoms with Crippen LogP contribution in [-0.2, 0) is 0 Å². The van der Waals surface area contributed by atoms with Gasteiger partial charge in [-0.05, 0) is 45.1 Å². The van der Waals surface area contributed by atoms with E-state index >= 15 is 0 Å². The van der Waals surface area contributed by atoms with E-state index in [4.69, 9.17) is 10.5 Å². The molecule has 0 atom stereocenters. The fourth-order valence-electron chi connectivity index (χ4n) is 2.89. The van der Waals surface area contributed by atoms with E-state index in [2.05, 4.69) is 26.8 Å². The van der Waals surface area contributed by atoms with Gasteiger partial charge in [-0.2, -0.15) is 4.98 Å². The number of nitrogen functional groups attached to an aromatic ring is 1. The van der Waals surface area contributed by atoms with Crippen LogP contribution in [0.4, 0.5) is 11.5 Å². The molecule has 6 heteroatoms. The van der Waals surface area contributed by atoms with Gasteiger partial charge in [-0.25, -0.2) is 4.98 Å². The summed E-state index contributed by atoms with van der Waals surface area (Å²) in [5.41, 5.74) is 6.75. The Kier molecular flexibility index (Phi) is 4.62. The van der Waals surface area contributed by atoms with Gasteiger partial charge in [-0.1, -0.05) is 18.2 Å². The highest BCUT2D eigenvalue weighted by atomic mass is 16.5. The number of benzene rings is 1. The Hall–Kier alpha value is -2.34. The van der Waals surface area contributed by atoms with E-state index in [0.717, 1.165) is 31.7 Å². The Balaban J connectivity index is 1.79.